The number of carbonyl (C=O) groups excluding carboxylic acids is 2. The van der Waals surface area contributed by atoms with E-state index in [2.05, 4.69) is 0 Å². The van der Waals surface area contributed by atoms with E-state index in [1.807, 2.05) is 6.07 Å². The fourth-order valence-corrected chi connectivity index (χ4v) is 1.39. The first-order valence-electron chi connectivity index (χ1n) is 5.80. The molecule has 0 heterocycles. The number of benzene rings is 1. The molecule has 1 aromatic rings. The molecule has 2 amide bonds. The molecule has 6 nitrogen and oxygen atoms in total. The van der Waals surface area contributed by atoms with E-state index in [9.17, 15) is 14.4 Å². The highest BCUT2D eigenvalue weighted by molar-refractivity contribution is 5.86. The minimum Gasteiger partial charge on any atom is -0.465 e. The maximum Gasteiger partial charge on any atom is 0.419 e. The molecule has 0 saturated heterocycles. The van der Waals surface area contributed by atoms with Crippen LogP contribution in [0.15, 0.2) is 30.3 Å². The number of hydrogen-bond acceptors (Lipinski definition) is 4. The molecule has 6 heteroatoms. The summed E-state index contributed by atoms with van der Waals surface area (Å²) in [5, 5.41) is 8.88. The van der Waals surface area contributed by atoms with Crippen molar-refractivity contribution in [1.82, 2.24) is 4.90 Å². The van der Waals surface area contributed by atoms with Crippen LogP contribution in [0.5, 0.6) is 0 Å². The molecule has 0 bridgehead atoms. The van der Waals surface area contributed by atoms with Gasteiger partial charge in [-0.3, -0.25) is 0 Å². The number of aldehydes is 1. The molecule has 0 aromatic heterocycles. The summed E-state index contributed by atoms with van der Waals surface area (Å²) < 4.78 is 4.90. The van der Waals surface area contributed by atoms with Crippen molar-refractivity contribution < 1.29 is 24.2 Å². The summed E-state index contributed by atoms with van der Waals surface area (Å²) in [6, 6.07) is 8.95. The number of nitrogens with zero attached hydrogens (tertiary/aromatic N) is 1. The molecule has 0 aliphatic heterocycles. The van der Waals surface area contributed by atoms with Crippen molar-refractivity contribution in [2.45, 2.75) is 19.4 Å². The van der Waals surface area contributed by atoms with E-state index in [1.54, 1.807) is 24.3 Å². The van der Waals surface area contributed by atoms with Crippen LogP contribution in [-0.4, -0.2) is 35.0 Å². The van der Waals surface area contributed by atoms with Gasteiger partial charge in [-0.2, -0.15) is 0 Å². The van der Waals surface area contributed by atoms with Crippen molar-refractivity contribution in [3.8, 4) is 0 Å². The lowest BCUT2D eigenvalue weighted by molar-refractivity contribution is -0.108. The second-order valence-electron chi connectivity index (χ2n) is 3.78. The maximum atomic E-state index is 11.6. The van der Waals surface area contributed by atoms with E-state index in [-0.39, 0.29) is 26.0 Å². The van der Waals surface area contributed by atoms with Crippen molar-refractivity contribution in [2.75, 3.05) is 6.54 Å². The lowest BCUT2D eigenvalue weighted by Gasteiger charge is -2.16. The van der Waals surface area contributed by atoms with E-state index in [0.717, 1.165) is 5.56 Å². The number of unbranched alkanes of at least 4 members (excludes halogenated alkanes) is 1. The van der Waals surface area contributed by atoms with Crippen molar-refractivity contribution >= 4 is 18.5 Å². The van der Waals surface area contributed by atoms with Crippen LogP contribution in [0.25, 0.3) is 0 Å². The lowest BCUT2D eigenvalue weighted by Crippen LogP contribution is -2.37. The van der Waals surface area contributed by atoms with Crippen LogP contribution in [-0.2, 0) is 16.1 Å². The number of hydrogen-bond donors (Lipinski definition) is 1. The Bertz CT molecular complexity index is 432. The summed E-state index contributed by atoms with van der Waals surface area (Å²) in [4.78, 5) is 33.2. The van der Waals surface area contributed by atoms with E-state index < -0.39 is 12.2 Å². The number of amides is 2. The molecule has 1 aromatic carbocycles. The predicted molar refractivity (Wildman–Crippen MR) is 66.7 cm³/mol. The first kappa shape index (κ1) is 14.7. The van der Waals surface area contributed by atoms with Crippen molar-refractivity contribution in [2.24, 2.45) is 0 Å². The monoisotopic (exact) mass is 265 g/mol. The summed E-state index contributed by atoms with van der Waals surface area (Å²) >= 11 is 0. The second kappa shape index (κ2) is 7.86. The molecule has 0 unspecified atom stereocenters. The minimum atomic E-state index is -1.39. The van der Waals surface area contributed by atoms with Gasteiger partial charge in [0.15, 0.2) is 0 Å². The molecular formula is C13H15NO5. The van der Waals surface area contributed by atoms with Gasteiger partial charge < -0.3 is 14.6 Å². The zero-order chi connectivity index (χ0) is 14.1. The third kappa shape index (κ3) is 5.20. The van der Waals surface area contributed by atoms with Gasteiger partial charge in [0.25, 0.3) is 0 Å². The maximum absolute atomic E-state index is 11.6. The molecule has 0 saturated carbocycles. The van der Waals surface area contributed by atoms with Gasteiger partial charge in [-0.05, 0) is 12.0 Å². The molecule has 0 radical (unpaired) electrons. The Balaban J connectivity index is 2.48. The van der Waals surface area contributed by atoms with Gasteiger partial charge in [-0.25, -0.2) is 14.5 Å². The van der Waals surface area contributed by atoms with Gasteiger partial charge in [0, 0.05) is 13.0 Å². The normalized spacial score (nSPS) is 9.68. The molecule has 0 aliphatic rings. The molecule has 0 spiro atoms. The molecule has 102 valence electrons. The van der Waals surface area contributed by atoms with Crippen LogP contribution >= 0.6 is 0 Å². The van der Waals surface area contributed by atoms with Gasteiger partial charge in [-0.15, -0.1) is 0 Å². The summed E-state index contributed by atoms with van der Waals surface area (Å²) in [6.07, 6.45) is -1.15. The van der Waals surface area contributed by atoms with Gasteiger partial charge in [0.2, 0.25) is 0 Å². The Kier molecular flexibility index (Phi) is 6.08. The Hall–Kier alpha value is -2.37. The SMILES string of the molecule is O=CCCCN(C(=O)O)C(=O)OCc1ccccc1. The molecule has 0 fully saturated rings. The van der Waals surface area contributed by atoms with Gasteiger partial charge in [0.1, 0.15) is 12.9 Å². The second-order valence-corrected chi connectivity index (χ2v) is 3.78. The zero-order valence-electron chi connectivity index (χ0n) is 10.3. The molecule has 1 N–H and O–H groups in total. The summed E-state index contributed by atoms with van der Waals surface area (Å²) in [5.74, 6) is 0. The highest BCUT2D eigenvalue weighted by Crippen LogP contribution is 2.04. The lowest BCUT2D eigenvalue weighted by atomic mass is 10.2. The largest absolute Gasteiger partial charge is 0.465 e. The van der Waals surface area contributed by atoms with E-state index in [0.29, 0.717) is 11.2 Å². The van der Waals surface area contributed by atoms with Gasteiger partial charge in [-0.1, -0.05) is 30.3 Å². The highest BCUT2D eigenvalue weighted by atomic mass is 16.6. The van der Waals surface area contributed by atoms with E-state index >= 15 is 0 Å². The number of rotatable bonds is 6. The number of ether oxygens (including phenoxy) is 1. The Morgan fingerprint density at radius 2 is 1.95 bits per heavy atom. The molecule has 0 atom stereocenters. The fraction of sp³-hybridized carbons (Fsp3) is 0.308. The fourth-order valence-electron chi connectivity index (χ4n) is 1.39. The minimum absolute atomic E-state index is 0.0110. The average molecular weight is 265 g/mol. The first-order valence-corrected chi connectivity index (χ1v) is 5.80. The molecule has 19 heavy (non-hydrogen) atoms. The number of imide groups is 1. The van der Waals surface area contributed by atoms with Crippen molar-refractivity contribution in [3.63, 3.8) is 0 Å². The number of carbonyl (C=O) groups is 3. The van der Waals surface area contributed by atoms with E-state index in [4.69, 9.17) is 9.84 Å². The van der Waals surface area contributed by atoms with Crippen molar-refractivity contribution in [1.29, 1.82) is 0 Å². The summed E-state index contributed by atoms with van der Waals surface area (Å²) in [6.45, 7) is -0.0428. The Morgan fingerprint density at radius 3 is 2.53 bits per heavy atom. The van der Waals surface area contributed by atoms with Crippen LogP contribution in [0.3, 0.4) is 0 Å². The highest BCUT2D eigenvalue weighted by Gasteiger charge is 2.21. The third-order valence-electron chi connectivity index (χ3n) is 2.36. The van der Waals surface area contributed by atoms with Gasteiger partial charge in [0.05, 0.1) is 0 Å². The van der Waals surface area contributed by atoms with Crippen LogP contribution in [0.1, 0.15) is 18.4 Å². The first-order chi connectivity index (χ1) is 9.15. The smallest absolute Gasteiger partial charge is 0.419 e. The topological polar surface area (TPSA) is 83.9 Å². The summed E-state index contributed by atoms with van der Waals surface area (Å²) in [5.41, 5.74) is 0.772. The average Bonchev–Trinajstić information content (AvgIpc) is 2.42. The predicted octanol–water partition coefficient (Wildman–Crippen LogP) is 2.28. The van der Waals surface area contributed by atoms with E-state index in [1.165, 1.54) is 0 Å². The number of carboxylic acid groups (broad SMARTS) is 1. The van der Waals surface area contributed by atoms with Crippen LogP contribution < -0.4 is 0 Å². The summed E-state index contributed by atoms with van der Waals surface area (Å²) in [7, 11) is 0. The van der Waals surface area contributed by atoms with Gasteiger partial charge >= 0.3 is 12.2 Å². The molecular weight excluding hydrogens is 250 g/mol. The zero-order valence-corrected chi connectivity index (χ0v) is 10.3. The Labute approximate surface area is 110 Å². The molecule has 1 rings (SSSR count). The third-order valence-corrected chi connectivity index (χ3v) is 2.36. The van der Waals surface area contributed by atoms with Crippen LogP contribution in [0.4, 0.5) is 9.59 Å². The standard InChI is InChI=1S/C13H15NO5/c15-9-5-4-8-14(12(16)17)13(18)19-10-11-6-2-1-3-7-11/h1-3,6-7,9H,4-5,8,10H2,(H,16,17). The molecule has 0 aliphatic carbocycles. The van der Waals surface area contributed by atoms with Crippen molar-refractivity contribution in [3.05, 3.63) is 35.9 Å². The Morgan fingerprint density at radius 1 is 1.26 bits per heavy atom. The quantitative estimate of drug-likeness (QED) is 0.630. The van der Waals surface area contributed by atoms with Crippen LogP contribution in [0.2, 0.25) is 0 Å². The van der Waals surface area contributed by atoms with Crippen LogP contribution in [0, 0.1) is 0 Å².